The summed E-state index contributed by atoms with van der Waals surface area (Å²) in [6.45, 7) is 0. The molecule has 3 N–H and O–H groups in total. The van der Waals surface area contributed by atoms with E-state index in [9.17, 15) is 4.79 Å². The first-order chi connectivity index (χ1) is 8.72. The number of amides is 1. The zero-order valence-electron chi connectivity index (χ0n) is 9.44. The third-order valence-electron chi connectivity index (χ3n) is 2.98. The maximum absolute atomic E-state index is 11.3. The summed E-state index contributed by atoms with van der Waals surface area (Å²) in [7, 11) is 0. The number of hydrogen-bond acceptors (Lipinski definition) is 3. The van der Waals surface area contributed by atoms with Crippen molar-refractivity contribution in [1.82, 2.24) is 0 Å². The Morgan fingerprint density at radius 3 is 2.72 bits per heavy atom. The number of benzene rings is 2. The van der Waals surface area contributed by atoms with E-state index in [1.54, 1.807) is 6.07 Å². The number of rotatable bonds is 2. The van der Waals surface area contributed by atoms with Gasteiger partial charge in [-0.25, -0.2) is 0 Å². The first-order valence-corrected chi connectivity index (χ1v) is 5.47. The van der Waals surface area contributed by atoms with Crippen LogP contribution in [0.4, 0.5) is 0 Å². The molecule has 88 valence electrons. The fourth-order valence-corrected chi connectivity index (χ4v) is 2.21. The van der Waals surface area contributed by atoms with E-state index in [1.807, 2.05) is 30.3 Å². The highest BCUT2D eigenvalue weighted by atomic mass is 16.3. The van der Waals surface area contributed by atoms with E-state index in [-0.39, 0.29) is 5.76 Å². The van der Waals surface area contributed by atoms with Gasteiger partial charge in [0.25, 0.3) is 5.91 Å². The second-order valence-electron chi connectivity index (χ2n) is 4.01. The van der Waals surface area contributed by atoms with Crippen molar-refractivity contribution < 1.29 is 9.21 Å². The van der Waals surface area contributed by atoms with E-state index in [2.05, 4.69) is 0 Å². The van der Waals surface area contributed by atoms with Gasteiger partial charge in [0, 0.05) is 11.6 Å². The van der Waals surface area contributed by atoms with Gasteiger partial charge in [-0.05, 0) is 16.8 Å². The van der Waals surface area contributed by atoms with E-state index in [0.29, 0.717) is 11.1 Å². The van der Waals surface area contributed by atoms with Gasteiger partial charge in [-0.15, -0.1) is 0 Å². The van der Waals surface area contributed by atoms with Crippen molar-refractivity contribution in [2.24, 2.45) is 5.73 Å². The van der Waals surface area contributed by atoms with Crippen LogP contribution < -0.4 is 5.73 Å². The molecule has 4 nitrogen and oxygen atoms in total. The van der Waals surface area contributed by atoms with Crippen molar-refractivity contribution >= 4 is 33.9 Å². The molecule has 0 atom stereocenters. The van der Waals surface area contributed by atoms with Crippen molar-refractivity contribution in [3.63, 3.8) is 0 Å². The molecule has 18 heavy (non-hydrogen) atoms. The van der Waals surface area contributed by atoms with Crippen molar-refractivity contribution in [2.45, 2.75) is 0 Å². The van der Waals surface area contributed by atoms with Gasteiger partial charge in [0.1, 0.15) is 5.58 Å². The molecule has 3 rings (SSSR count). The molecule has 0 aliphatic carbocycles. The van der Waals surface area contributed by atoms with Gasteiger partial charge in [-0.2, -0.15) is 0 Å². The molecule has 0 saturated heterocycles. The van der Waals surface area contributed by atoms with Crippen LogP contribution >= 0.6 is 0 Å². The molecule has 0 aliphatic rings. The molecule has 0 saturated carbocycles. The van der Waals surface area contributed by atoms with Crippen molar-refractivity contribution in [3.05, 3.63) is 47.7 Å². The van der Waals surface area contributed by atoms with Crippen LogP contribution in [0.3, 0.4) is 0 Å². The normalized spacial score (nSPS) is 10.9. The van der Waals surface area contributed by atoms with Crippen LogP contribution in [0.15, 0.2) is 40.8 Å². The van der Waals surface area contributed by atoms with Crippen molar-refractivity contribution in [2.75, 3.05) is 0 Å². The van der Waals surface area contributed by atoms with Crippen LogP contribution in [0.5, 0.6) is 0 Å². The Balaban J connectivity index is 2.56. The number of fused-ring (bicyclic) bond motifs is 3. The van der Waals surface area contributed by atoms with E-state index >= 15 is 0 Å². The van der Waals surface area contributed by atoms with Crippen LogP contribution in [-0.4, -0.2) is 12.1 Å². The summed E-state index contributed by atoms with van der Waals surface area (Å²) >= 11 is 0. The van der Waals surface area contributed by atoms with Gasteiger partial charge in [-0.3, -0.25) is 4.79 Å². The lowest BCUT2D eigenvalue weighted by molar-refractivity contribution is 0.0976. The van der Waals surface area contributed by atoms with Crippen LogP contribution in [-0.2, 0) is 0 Å². The van der Waals surface area contributed by atoms with Crippen LogP contribution in [0, 0.1) is 5.41 Å². The first-order valence-electron chi connectivity index (χ1n) is 5.47. The number of nitrogens with one attached hydrogen (secondary N) is 1. The lowest BCUT2D eigenvalue weighted by atomic mass is 10.0. The smallest absolute Gasteiger partial charge is 0.285 e. The molecule has 0 unspecified atom stereocenters. The average Bonchev–Trinajstić information content (AvgIpc) is 2.77. The number of carbonyl (C=O) groups excluding carboxylic acids is 1. The second-order valence-corrected chi connectivity index (χ2v) is 4.01. The summed E-state index contributed by atoms with van der Waals surface area (Å²) in [5.74, 6) is -0.620. The molecule has 0 bridgehead atoms. The number of carbonyl (C=O) groups is 1. The summed E-state index contributed by atoms with van der Waals surface area (Å²) < 4.78 is 5.43. The number of primary amides is 1. The molecular formula is C14H10N2O2. The molecule has 0 spiro atoms. The van der Waals surface area contributed by atoms with Gasteiger partial charge in [0.2, 0.25) is 5.76 Å². The Labute approximate surface area is 103 Å². The largest absolute Gasteiger partial charge is 0.450 e. The Hall–Kier alpha value is -2.62. The Morgan fingerprint density at radius 1 is 1.22 bits per heavy atom. The molecule has 0 aliphatic heterocycles. The van der Waals surface area contributed by atoms with Crippen molar-refractivity contribution in [1.29, 1.82) is 5.41 Å². The first kappa shape index (κ1) is 10.5. The van der Waals surface area contributed by atoms with E-state index < -0.39 is 5.91 Å². The zero-order valence-corrected chi connectivity index (χ0v) is 9.44. The van der Waals surface area contributed by atoms with Gasteiger partial charge < -0.3 is 15.6 Å². The Bertz CT molecular complexity index is 787. The van der Waals surface area contributed by atoms with Crippen molar-refractivity contribution in [3.8, 4) is 0 Å². The molecular weight excluding hydrogens is 228 g/mol. The predicted octanol–water partition coefficient (Wildman–Crippen LogP) is 2.68. The zero-order chi connectivity index (χ0) is 12.7. The molecule has 3 aromatic rings. The average molecular weight is 238 g/mol. The summed E-state index contributed by atoms with van der Waals surface area (Å²) in [5.41, 5.74) is 6.27. The summed E-state index contributed by atoms with van der Waals surface area (Å²) in [6, 6.07) is 11.5. The van der Waals surface area contributed by atoms with Crippen LogP contribution in [0.2, 0.25) is 0 Å². The van der Waals surface area contributed by atoms with Crippen LogP contribution in [0.25, 0.3) is 21.7 Å². The SMILES string of the molecule is N=Cc1c(C(N)=O)oc2ccc3ccccc3c12. The Morgan fingerprint density at radius 2 is 2.00 bits per heavy atom. The third-order valence-corrected chi connectivity index (χ3v) is 2.98. The van der Waals surface area contributed by atoms with Gasteiger partial charge in [0.05, 0.1) is 5.56 Å². The lowest BCUT2D eigenvalue weighted by Gasteiger charge is -1.98. The summed E-state index contributed by atoms with van der Waals surface area (Å²) in [5, 5.41) is 10.2. The maximum Gasteiger partial charge on any atom is 0.285 e. The standard InChI is InChI=1S/C14H10N2O2/c15-7-10-12-9-4-2-1-3-8(9)5-6-11(12)18-13(10)14(16)17/h1-7,15H,(H2,16,17). The predicted molar refractivity (Wildman–Crippen MR) is 70.1 cm³/mol. The summed E-state index contributed by atoms with van der Waals surface area (Å²) in [6.07, 6.45) is 1.11. The lowest BCUT2D eigenvalue weighted by Crippen LogP contribution is -2.11. The molecule has 1 aromatic heterocycles. The molecule has 0 radical (unpaired) electrons. The van der Waals surface area contributed by atoms with Gasteiger partial charge in [0.15, 0.2) is 0 Å². The van der Waals surface area contributed by atoms with E-state index in [4.69, 9.17) is 15.6 Å². The molecule has 2 aromatic carbocycles. The van der Waals surface area contributed by atoms with Gasteiger partial charge >= 0.3 is 0 Å². The highest BCUT2D eigenvalue weighted by Gasteiger charge is 2.18. The topological polar surface area (TPSA) is 80.1 Å². The minimum atomic E-state index is -0.659. The minimum Gasteiger partial charge on any atom is -0.450 e. The third kappa shape index (κ3) is 1.32. The fourth-order valence-electron chi connectivity index (χ4n) is 2.21. The molecule has 0 fully saturated rings. The van der Waals surface area contributed by atoms with Crippen LogP contribution in [0.1, 0.15) is 16.1 Å². The number of nitrogens with two attached hydrogens (primary N) is 1. The quantitative estimate of drug-likeness (QED) is 0.673. The number of hydrogen-bond donors (Lipinski definition) is 2. The fraction of sp³-hybridized carbons (Fsp3) is 0. The maximum atomic E-state index is 11.3. The molecule has 1 amide bonds. The molecule has 1 heterocycles. The van der Waals surface area contributed by atoms with E-state index in [1.165, 1.54) is 0 Å². The second kappa shape index (κ2) is 3.70. The minimum absolute atomic E-state index is 0.0383. The molecule has 4 heteroatoms. The van der Waals surface area contributed by atoms with E-state index in [0.717, 1.165) is 22.4 Å². The van der Waals surface area contributed by atoms with Gasteiger partial charge in [-0.1, -0.05) is 30.3 Å². The highest BCUT2D eigenvalue weighted by Crippen LogP contribution is 2.31. The Kier molecular flexibility index (Phi) is 2.16. The monoisotopic (exact) mass is 238 g/mol. The highest BCUT2D eigenvalue weighted by molar-refractivity contribution is 6.17. The number of furan rings is 1. The summed E-state index contributed by atoms with van der Waals surface area (Å²) in [4.78, 5) is 11.3.